The van der Waals surface area contributed by atoms with Crippen molar-refractivity contribution < 1.29 is 0 Å². The highest BCUT2D eigenvalue weighted by atomic mass is 32.1. The fourth-order valence-electron chi connectivity index (χ4n) is 2.77. The predicted molar refractivity (Wildman–Crippen MR) is 83.9 cm³/mol. The van der Waals surface area contributed by atoms with Crippen LogP contribution in [0.3, 0.4) is 0 Å². The molecule has 0 aromatic carbocycles. The molecule has 106 valence electrons. The van der Waals surface area contributed by atoms with E-state index in [1.165, 1.54) is 38.8 Å². The maximum atomic E-state index is 5.78. The molecule has 1 rings (SSSR count). The lowest BCUT2D eigenvalue weighted by atomic mass is 9.74. The summed E-state index contributed by atoms with van der Waals surface area (Å²) in [7, 11) is 0. The Hall–Kier alpha value is -0.150. The molecule has 18 heavy (non-hydrogen) atoms. The topological polar surface area (TPSA) is 29.3 Å². The monoisotopic (exact) mass is 270 g/mol. The van der Waals surface area contributed by atoms with Crippen LogP contribution in [-0.2, 0) is 0 Å². The van der Waals surface area contributed by atoms with Crippen LogP contribution in [-0.4, -0.2) is 29.5 Å². The summed E-state index contributed by atoms with van der Waals surface area (Å²) in [6.45, 7) is 12.6. The summed E-state index contributed by atoms with van der Waals surface area (Å²) in [6.07, 6.45) is 6.44. The number of thiocarbonyl (C=S) groups is 1. The zero-order valence-corrected chi connectivity index (χ0v) is 13.4. The zero-order valence-electron chi connectivity index (χ0n) is 12.6. The summed E-state index contributed by atoms with van der Waals surface area (Å²) in [5.41, 5.74) is 6.40. The number of piperidine rings is 1. The van der Waals surface area contributed by atoms with E-state index < -0.39 is 0 Å². The van der Waals surface area contributed by atoms with Gasteiger partial charge in [0.1, 0.15) is 0 Å². The van der Waals surface area contributed by atoms with E-state index in [-0.39, 0.29) is 5.41 Å². The maximum absolute atomic E-state index is 5.78. The maximum Gasteiger partial charge on any atom is 0.0784 e. The summed E-state index contributed by atoms with van der Waals surface area (Å²) >= 11 is 5.13. The Kier molecular flexibility index (Phi) is 5.60. The number of likely N-dealkylation sites (tertiary alicyclic amines) is 1. The first-order valence-corrected chi connectivity index (χ1v) is 7.78. The summed E-state index contributed by atoms with van der Waals surface area (Å²) in [4.78, 5) is 3.24. The molecule has 0 bridgehead atoms. The Bertz CT molecular complexity index is 272. The Morgan fingerprint density at radius 2 is 1.72 bits per heavy atom. The molecular formula is C15H30N2S. The average Bonchev–Trinajstić information content (AvgIpc) is 2.37. The Morgan fingerprint density at radius 3 is 2.11 bits per heavy atom. The van der Waals surface area contributed by atoms with Gasteiger partial charge in [-0.1, -0.05) is 52.8 Å². The van der Waals surface area contributed by atoms with Gasteiger partial charge in [-0.25, -0.2) is 0 Å². The van der Waals surface area contributed by atoms with Gasteiger partial charge in [0.2, 0.25) is 0 Å². The van der Waals surface area contributed by atoms with Crippen LogP contribution >= 0.6 is 12.2 Å². The van der Waals surface area contributed by atoms with Gasteiger partial charge in [-0.3, -0.25) is 0 Å². The van der Waals surface area contributed by atoms with Crippen molar-refractivity contribution in [2.75, 3.05) is 19.6 Å². The van der Waals surface area contributed by atoms with Crippen LogP contribution in [0.25, 0.3) is 0 Å². The first kappa shape index (κ1) is 15.9. The third kappa shape index (κ3) is 3.92. The van der Waals surface area contributed by atoms with Crippen LogP contribution in [0.15, 0.2) is 0 Å². The van der Waals surface area contributed by atoms with Gasteiger partial charge in [-0.05, 0) is 44.3 Å². The average molecular weight is 270 g/mol. The second-order valence-corrected chi connectivity index (χ2v) is 6.99. The van der Waals surface area contributed by atoms with Crippen molar-refractivity contribution in [3.63, 3.8) is 0 Å². The first-order chi connectivity index (χ1) is 8.35. The molecule has 1 fully saturated rings. The van der Waals surface area contributed by atoms with Gasteiger partial charge in [0, 0.05) is 5.41 Å². The van der Waals surface area contributed by atoms with Gasteiger partial charge in [0.15, 0.2) is 0 Å². The number of hydrogen-bond donors (Lipinski definition) is 1. The second kappa shape index (κ2) is 6.33. The van der Waals surface area contributed by atoms with Crippen molar-refractivity contribution in [3.05, 3.63) is 0 Å². The van der Waals surface area contributed by atoms with Crippen molar-refractivity contribution >= 4 is 17.2 Å². The van der Waals surface area contributed by atoms with Gasteiger partial charge in [0.05, 0.1) is 4.99 Å². The SMILES string of the molecule is CCC1(CC)CCN(CCC(C)(C)C(N)=S)CC1. The molecule has 1 saturated heterocycles. The zero-order chi connectivity index (χ0) is 13.8. The Morgan fingerprint density at radius 1 is 1.22 bits per heavy atom. The molecule has 1 heterocycles. The molecule has 0 spiro atoms. The van der Waals surface area contributed by atoms with Crippen molar-refractivity contribution in [1.82, 2.24) is 4.90 Å². The molecule has 0 aliphatic carbocycles. The van der Waals surface area contributed by atoms with Crippen LogP contribution in [0.2, 0.25) is 0 Å². The summed E-state index contributed by atoms with van der Waals surface area (Å²) < 4.78 is 0. The predicted octanol–water partition coefficient (Wildman–Crippen LogP) is 3.59. The minimum absolute atomic E-state index is 0.000613. The summed E-state index contributed by atoms with van der Waals surface area (Å²) in [6, 6.07) is 0. The van der Waals surface area contributed by atoms with Crippen LogP contribution in [0.1, 0.15) is 59.8 Å². The van der Waals surface area contributed by atoms with E-state index in [9.17, 15) is 0 Å². The molecule has 2 nitrogen and oxygen atoms in total. The number of hydrogen-bond acceptors (Lipinski definition) is 2. The molecule has 0 saturated carbocycles. The highest BCUT2D eigenvalue weighted by Gasteiger charge is 2.31. The van der Waals surface area contributed by atoms with Crippen molar-refractivity contribution in [2.24, 2.45) is 16.6 Å². The molecule has 0 amide bonds. The number of nitrogens with two attached hydrogens (primary N) is 1. The molecule has 2 N–H and O–H groups in total. The van der Waals surface area contributed by atoms with E-state index in [1.807, 2.05) is 0 Å². The third-order valence-electron chi connectivity index (χ3n) is 5.14. The van der Waals surface area contributed by atoms with E-state index in [4.69, 9.17) is 18.0 Å². The first-order valence-electron chi connectivity index (χ1n) is 7.37. The molecule has 0 aromatic rings. The van der Waals surface area contributed by atoms with Crippen LogP contribution in [0, 0.1) is 10.8 Å². The minimum atomic E-state index is -0.000613. The number of rotatable bonds is 6. The molecule has 0 radical (unpaired) electrons. The minimum Gasteiger partial charge on any atom is -0.393 e. The van der Waals surface area contributed by atoms with E-state index in [0.29, 0.717) is 10.4 Å². The lowest BCUT2D eigenvalue weighted by Gasteiger charge is -2.41. The van der Waals surface area contributed by atoms with Gasteiger partial charge in [-0.15, -0.1) is 0 Å². The molecular weight excluding hydrogens is 240 g/mol. The normalized spacial score (nSPS) is 20.9. The fraction of sp³-hybridized carbons (Fsp3) is 0.933. The van der Waals surface area contributed by atoms with E-state index in [1.54, 1.807) is 0 Å². The Labute approximate surface area is 118 Å². The standard InChI is InChI=1S/C15H30N2S/c1-5-15(6-2)8-11-17(12-9-15)10-7-14(3,4)13(16)18/h5-12H2,1-4H3,(H2,16,18). The van der Waals surface area contributed by atoms with E-state index in [2.05, 4.69) is 32.6 Å². The van der Waals surface area contributed by atoms with Crippen molar-refractivity contribution in [2.45, 2.75) is 59.8 Å². The molecule has 1 aliphatic heterocycles. The molecule has 0 aromatic heterocycles. The lowest BCUT2D eigenvalue weighted by molar-refractivity contribution is 0.0904. The largest absolute Gasteiger partial charge is 0.393 e. The molecule has 0 unspecified atom stereocenters. The highest BCUT2D eigenvalue weighted by Crippen LogP contribution is 2.38. The van der Waals surface area contributed by atoms with Gasteiger partial charge in [0.25, 0.3) is 0 Å². The van der Waals surface area contributed by atoms with Gasteiger partial charge < -0.3 is 10.6 Å². The highest BCUT2D eigenvalue weighted by molar-refractivity contribution is 7.80. The van der Waals surface area contributed by atoms with Gasteiger partial charge in [-0.2, -0.15) is 0 Å². The summed E-state index contributed by atoms with van der Waals surface area (Å²) in [5, 5.41) is 0. The smallest absolute Gasteiger partial charge is 0.0784 e. The lowest BCUT2D eigenvalue weighted by Crippen LogP contribution is -2.42. The fourth-order valence-corrected chi connectivity index (χ4v) is 2.87. The van der Waals surface area contributed by atoms with Crippen LogP contribution < -0.4 is 5.73 Å². The van der Waals surface area contributed by atoms with Crippen molar-refractivity contribution in [1.29, 1.82) is 0 Å². The quantitative estimate of drug-likeness (QED) is 0.748. The molecule has 1 aliphatic rings. The van der Waals surface area contributed by atoms with Crippen molar-refractivity contribution in [3.8, 4) is 0 Å². The van der Waals surface area contributed by atoms with Crippen LogP contribution in [0.5, 0.6) is 0 Å². The summed E-state index contributed by atoms with van der Waals surface area (Å²) in [5.74, 6) is 0. The second-order valence-electron chi connectivity index (χ2n) is 6.55. The van der Waals surface area contributed by atoms with E-state index >= 15 is 0 Å². The molecule has 0 atom stereocenters. The molecule has 3 heteroatoms. The van der Waals surface area contributed by atoms with Crippen LogP contribution in [0.4, 0.5) is 0 Å². The van der Waals surface area contributed by atoms with E-state index in [0.717, 1.165) is 13.0 Å². The van der Waals surface area contributed by atoms with Gasteiger partial charge >= 0.3 is 0 Å². The third-order valence-corrected chi connectivity index (χ3v) is 5.69. The number of nitrogens with zero attached hydrogens (tertiary/aromatic N) is 1. The Balaban J connectivity index is 2.39.